The number of nitrogens with zero attached hydrogens (tertiary/aromatic N) is 6. The molecule has 0 fully saturated rings. The van der Waals surface area contributed by atoms with Crippen LogP contribution in [0.15, 0.2) is 214 Å². The van der Waals surface area contributed by atoms with Gasteiger partial charge in [0.15, 0.2) is 0 Å². The van der Waals surface area contributed by atoms with Gasteiger partial charge in [0.2, 0.25) is 0 Å². The molecular weight excluding hydrogens is 1190 g/mol. The van der Waals surface area contributed by atoms with E-state index in [0.717, 1.165) is 41.6 Å². The Morgan fingerprint density at radius 2 is 0.740 bits per heavy atom. The predicted molar refractivity (Wildman–Crippen MR) is 307 cm³/mol. The van der Waals surface area contributed by atoms with Gasteiger partial charge in [0.25, 0.3) is 11.8 Å². The second-order valence-electron chi connectivity index (χ2n) is 16.9. The van der Waals surface area contributed by atoms with Crippen molar-refractivity contribution < 1.29 is 51.1 Å². The minimum Gasteiger partial charge on any atom is -0.507 e. The van der Waals surface area contributed by atoms with Crippen LogP contribution < -0.4 is 10.6 Å². The number of para-hydroxylation sites is 6. The van der Waals surface area contributed by atoms with Crippen LogP contribution in [0.1, 0.15) is 22.3 Å². The molecule has 2 amide bonds. The van der Waals surface area contributed by atoms with Gasteiger partial charge in [-0.2, -0.15) is 0 Å². The molecule has 0 aliphatic rings. The number of phenols is 4. The number of hydrogen-bond acceptors (Lipinski definition) is 14. The standard InChI is InChI=1S/2C30H24N4O3S.Pt/c2*35-26-10-4-1-7-21(26)17-31-19-25(32-18-22-8-2-5-11-27(22)36)29(37)33-23-15-13-20(14-16-23)30-34-24-9-3-6-12-28(24)38-30;/h2*1-18,25,35-36H,19H2,(H,33,37);. The second-order valence-corrected chi connectivity index (χ2v) is 19.0. The zero-order valence-corrected chi connectivity index (χ0v) is 44.7. The third-order valence-electron chi connectivity index (χ3n) is 11.5. The fraction of sp³-hybridized carbons (Fsp3) is 0.0667. The number of nitrogens with one attached hydrogen (secondary N) is 2. The van der Waals surface area contributed by atoms with Gasteiger partial charge in [-0.15, -0.1) is 22.7 Å². The van der Waals surface area contributed by atoms with Crippen molar-refractivity contribution in [2.24, 2.45) is 20.0 Å². The number of aromatic nitrogens is 2. The van der Waals surface area contributed by atoms with E-state index in [4.69, 9.17) is 0 Å². The van der Waals surface area contributed by atoms with Crippen LogP contribution in [-0.4, -0.2) is 92.2 Å². The fourth-order valence-corrected chi connectivity index (χ4v) is 9.40. The van der Waals surface area contributed by atoms with Crippen molar-refractivity contribution in [3.8, 4) is 44.1 Å². The summed E-state index contributed by atoms with van der Waals surface area (Å²) < 4.78 is 2.24. The second kappa shape index (κ2) is 26.5. The minimum atomic E-state index is -0.861. The summed E-state index contributed by atoms with van der Waals surface area (Å²) in [7, 11) is 0. The van der Waals surface area contributed by atoms with Crippen molar-refractivity contribution in [2.45, 2.75) is 12.1 Å². The molecule has 0 aliphatic heterocycles. The maximum absolute atomic E-state index is 13.2. The Morgan fingerprint density at radius 1 is 0.429 bits per heavy atom. The van der Waals surface area contributed by atoms with E-state index < -0.39 is 12.1 Å². The summed E-state index contributed by atoms with van der Waals surface area (Å²) in [5, 5.41) is 47.7. The van der Waals surface area contributed by atoms with Gasteiger partial charge in [0.05, 0.1) is 33.5 Å². The van der Waals surface area contributed by atoms with E-state index in [0.29, 0.717) is 33.6 Å². The molecule has 386 valence electrons. The Labute approximate surface area is 465 Å². The zero-order valence-electron chi connectivity index (χ0n) is 40.8. The summed E-state index contributed by atoms with van der Waals surface area (Å²) in [5.41, 5.74) is 7.16. The summed E-state index contributed by atoms with van der Waals surface area (Å²) in [6.45, 7) is 0.0993. The monoisotopic (exact) mass is 1240 g/mol. The van der Waals surface area contributed by atoms with Crippen LogP contribution in [0.4, 0.5) is 11.4 Å². The fourth-order valence-electron chi connectivity index (χ4n) is 7.46. The first kappa shape index (κ1) is 54.3. The molecule has 17 heteroatoms. The molecule has 2 aromatic heterocycles. The summed E-state index contributed by atoms with van der Waals surface area (Å²) in [6.07, 6.45) is 5.95. The molecule has 14 nitrogen and oxygen atoms in total. The van der Waals surface area contributed by atoms with E-state index >= 15 is 0 Å². The summed E-state index contributed by atoms with van der Waals surface area (Å²) in [5.74, 6) is -0.360. The number of amides is 2. The topological polar surface area (TPSA) is 214 Å². The van der Waals surface area contributed by atoms with E-state index in [1.807, 2.05) is 97.1 Å². The molecule has 2 atom stereocenters. The number of rotatable bonds is 16. The van der Waals surface area contributed by atoms with Crippen LogP contribution in [-0.2, 0) is 30.7 Å². The third kappa shape index (κ3) is 14.7. The smallest absolute Gasteiger partial charge is 0.251 e. The molecule has 0 bridgehead atoms. The molecule has 0 saturated carbocycles. The van der Waals surface area contributed by atoms with Gasteiger partial charge in [-0.25, -0.2) is 9.97 Å². The van der Waals surface area contributed by atoms with E-state index in [9.17, 15) is 30.0 Å². The average Bonchev–Trinajstić information content (AvgIpc) is 4.09. The van der Waals surface area contributed by atoms with Crippen molar-refractivity contribution in [2.75, 3.05) is 23.7 Å². The molecule has 10 aromatic rings. The van der Waals surface area contributed by atoms with Crippen LogP contribution in [0.25, 0.3) is 41.6 Å². The molecular formula is C60H48N8O6PtS2. The first-order valence-corrected chi connectivity index (χ1v) is 25.5. The van der Waals surface area contributed by atoms with Gasteiger partial charge in [-0.1, -0.05) is 72.8 Å². The molecule has 2 unspecified atom stereocenters. The number of carbonyl (C=O) groups excluding carboxylic acids is 2. The van der Waals surface area contributed by atoms with E-state index in [1.165, 1.54) is 24.9 Å². The van der Waals surface area contributed by atoms with Gasteiger partial charge in [-0.05, 0) is 121 Å². The van der Waals surface area contributed by atoms with Gasteiger partial charge in [0.1, 0.15) is 45.1 Å². The van der Waals surface area contributed by atoms with Crippen LogP contribution in [0.3, 0.4) is 0 Å². The van der Waals surface area contributed by atoms with Gasteiger partial charge in [-0.3, -0.25) is 29.6 Å². The number of carbonyl (C=O) groups is 2. The molecule has 2 heterocycles. The Hall–Kier alpha value is -8.95. The normalized spacial score (nSPS) is 12.2. The number of benzene rings is 8. The molecule has 0 radical (unpaired) electrons. The average molecular weight is 1240 g/mol. The molecule has 0 spiro atoms. The van der Waals surface area contributed by atoms with E-state index in [2.05, 4.69) is 40.6 Å². The van der Waals surface area contributed by atoms with Crippen molar-refractivity contribution in [3.05, 3.63) is 216 Å². The number of hydrogen-bond donors (Lipinski definition) is 6. The molecule has 0 saturated heterocycles. The maximum atomic E-state index is 13.2. The first-order valence-electron chi connectivity index (χ1n) is 23.9. The van der Waals surface area contributed by atoms with Crippen molar-refractivity contribution >= 4 is 91.2 Å². The van der Waals surface area contributed by atoms with E-state index in [-0.39, 0.29) is 69.0 Å². The first-order chi connectivity index (χ1) is 37.1. The Bertz CT molecular complexity index is 3440. The SMILES string of the molecule is O=C(Nc1ccc(-c2nc3ccccc3s2)cc1)C(CN=Cc1ccccc1O)N=Cc1ccccc1O.O=C(Nc1ccc(-c2nc3ccccc3s2)cc1)C(CN=Cc1ccccc1O)N=Cc1ccccc1O.[Pt]. The van der Waals surface area contributed by atoms with Crippen molar-refractivity contribution in [3.63, 3.8) is 0 Å². The van der Waals surface area contributed by atoms with Crippen molar-refractivity contribution in [1.29, 1.82) is 0 Å². The number of aromatic hydroxyl groups is 4. The minimum absolute atomic E-state index is 0. The molecule has 0 aliphatic carbocycles. The zero-order chi connectivity index (χ0) is 52.6. The molecule has 10 rings (SSSR count). The number of thiazole rings is 2. The maximum Gasteiger partial charge on any atom is 0.251 e. The number of fused-ring (bicyclic) bond motifs is 2. The Morgan fingerprint density at radius 3 is 1.08 bits per heavy atom. The quantitative estimate of drug-likeness (QED) is 0.0511. The van der Waals surface area contributed by atoms with Gasteiger partial charge >= 0.3 is 0 Å². The van der Waals surface area contributed by atoms with Gasteiger partial charge < -0.3 is 31.1 Å². The van der Waals surface area contributed by atoms with Gasteiger partial charge in [0, 0.05) is 90.7 Å². The summed E-state index contributed by atoms with van der Waals surface area (Å²) >= 11 is 3.23. The largest absolute Gasteiger partial charge is 0.507 e. The van der Waals surface area contributed by atoms with Crippen molar-refractivity contribution in [1.82, 2.24) is 9.97 Å². The molecule has 8 aromatic carbocycles. The van der Waals surface area contributed by atoms with E-state index in [1.54, 1.807) is 120 Å². The number of anilines is 2. The predicted octanol–water partition coefficient (Wildman–Crippen LogP) is 11.8. The number of phenolic OH excluding ortho intramolecular Hbond substituents is 4. The van der Waals surface area contributed by atoms with Crippen LogP contribution >= 0.6 is 22.7 Å². The Balaban J connectivity index is 0.000000201. The van der Waals surface area contributed by atoms with Crippen LogP contribution in [0.2, 0.25) is 0 Å². The Kier molecular flexibility index (Phi) is 18.7. The third-order valence-corrected chi connectivity index (χ3v) is 13.7. The summed E-state index contributed by atoms with van der Waals surface area (Å²) in [4.78, 5) is 53.2. The van der Waals surface area contributed by atoms with Crippen LogP contribution in [0.5, 0.6) is 23.0 Å². The number of aliphatic imine (C=N–C) groups is 4. The molecule has 77 heavy (non-hydrogen) atoms. The summed E-state index contributed by atoms with van der Waals surface area (Å²) in [6, 6.07) is 56.4. The van der Waals surface area contributed by atoms with Crippen LogP contribution in [0, 0.1) is 0 Å². The molecule has 6 N–H and O–H groups in total.